The van der Waals surface area contributed by atoms with Gasteiger partial charge in [-0.3, -0.25) is 9.78 Å². The molecule has 0 fully saturated rings. The molecule has 132 valence electrons. The van der Waals surface area contributed by atoms with E-state index in [4.69, 9.17) is 4.52 Å². The molecule has 2 aromatic heterocycles. The SMILES string of the molecule is COC(=O)c1cccc(NC(=O)c2cncc(Nc3cc(C)on3)c2)c1. The van der Waals surface area contributed by atoms with Crippen molar-refractivity contribution >= 4 is 29.1 Å². The number of carbonyl (C=O) groups is 2. The molecule has 0 saturated heterocycles. The molecule has 2 N–H and O–H groups in total. The lowest BCUT2D eigenvalue weighted by Crippen LogP contribution is -2.13. The standard InChI is InChI=1S/C18H16N4O4/c1-11-6-16(22-26-11)20-15-8-13(9-19-10-15)17(23)21-14-5-3-4-12(7-14)18(24)25-2/h3-10H,1-2H3,(H,20,22)(H,21,23). The Morgan fingerprint density at radius 1 is 1.08 bits per heavy atom. The van der Waals surface area contributed by atoms with E-state index in [1.54, 1.807) is 43.5 Å². The van der Waals surface area contributed by atoms with Crippen LogP contribution in [0.2, 0.25) is 0 Å². The van der Waals surface area contributed by atoms with Gasteiger partial charge < -0.3 is 19.9 Å². The summed E-state index contributed by atoms with van der Waals surface area (Å²) >= 11 is 0. The van der Waals surface area contributed by atoms with Crippen LogP contribution in [0.25, 0.3) is 0 Å². The van der Waals surface area contributed by atoms with Crippen LogP contribution in [0.4, 0.5) is 17.2 Å². The number of pyridine rings is 1. The van der Waals surface area contributed by atoms with E-state index in [1.807, 2.05) is 0 Å². The summed E-state index contributed by atoms with van der Waals surface area (Å²) in [5.41, 5.74) is 1.76. The lowest BCUT2D eigenvalue weighted by atomic mass is 10.2. The lowest BCUT2D eigenvalue weighted by molar-refractivity contribution is 0.0600. The molecular weight excluding hydrogens is 336 g/mol. The summed E-state index contributed by atoms with van der Waals surface area (Å²) in [6, 6.07) is 9.84. The molecular formula is C18H16N4O4. The quantitative estimate of drug-likeness (QED) is 0.679. The number of esters is 1. The molecule has 0 aliphatic rings. The second-order valence-corrected chi connectivity index (χ2v) is 5.44. The van der Waals surface area contributed by atoms with Crippen molar-refractivity contribution in [1.29, 1.82) is 0 Å². The Labute approximate surface area is 149 Å². The number of aryl methyl sites for hydroxylation is 1. The fourth-order valence-corrected chi connectivity index (χ4v) is 2.25. The number of amides is 1. The summed E-state index contributed by atoms with van der Waals surface area (Å²) in [4.78, 5) is 28.1. The van der Waals surface area contributed by atoms with Crippen LogP contribution in [0.15, 0.2) is 53.3 Å². The molecule has 3 aromatic rings. The van der Waals surface area contributed by atoms with Gasteiger partial charge in [-0.15, -0.1) is 0 Å². The third kappa shape index (κ3) is 4.04. The molecule has 26 heavy (non-hydrogen) atoms. The molecule has 0 atom stereocenters. The summed E-state index contributed by atoms with van der Waals surface area (Å²) < 4.78 is 9.65. The highest BCUT2D eigenvalue weighted by atomic mass is 16.5. The third-order valence-electron chi connectivity index (χ3n) is 3.44. The number of ether oxygens (including phenoxy) is 1. The number of aromatic nitrogens is 2. The van der Waals surface area contributed by atoms with Crippen molar-refractivity contribution in [3.05, 3.63) is 65.7 Å². The number of benzene rings is 1. The second kappa shape index (κ2) is 7.47. The van der Waals surface area contributed by atoms with E-state index < -0.39 is 5.97 Å². The monoisotopic (exact) mass is 352 g/mol. The molecule has 0 spiro atoms. The van der Waals surface area contributed by atoms with E-state index in [-0.39, 0.29) is 5.91 Å². The zero-order chi connectivity index (χ0) is 18.5. The molecule has 0 radical (unpaired) electrons. The first-order valence-corrected chi connectivity index (χ1v) is 7.70. The number of rotatable bonds is 5. The van der Waals surface area contributed by atoms with E-state index in [1.165, 1.54) is 19.4 Å². The van der Waals surface area contributed by atoms with Crippen LogP contribution < -0.4 is 10.6 Å². The number of hydrogen-bond acceptors (Lipinski definition) is 7. The first kappa shape index (κ1) is 17.2. The normalized spacial score (nSPS) is 10.2. The third-order valence-corrected chi connectivity index (χ3v) is 3.44. The van der Waals surface area contributed by atoms with Crippen molar-refractivity contribution < 1.29 is 18.8 Å². The molecule has 0 saturated carbocycles. The van der Waals surface area contributed by atoms with Crippen LogP contribution in [0.5, 0.6) is 0 Å². The van der Waals surface area contributed by atoms with Gasteiger partial charge in [-0.25, -0.2) is 4.79 Å². The van der Waals surface area contributed by atoms with Gasteiger partial charge in [0.1, 0.15) is 5.76 Å². The van der Waals surface area contributed by atoms with E-state index >= 15 is 0 Å². The van der Waals surface area contributed by atoms with Crippen molar-refractivity contribution in [2.45, 2.75) is 6.92 Å². The number of carbonyl (C=O) groups excluding carboxylic acids is 2. The minimum absolute atomic E-state index is 0.346. The maximum absolute atomic E-state index is 12.4. The van der Waals surface area contributed by atoms with E-state index in [0.717, 1.165) is 0 Å². The molecule has 0 bridgehead atoms. The number of hydrogen-bond donors (Lipinski definition) is 2. The van der Waals surface area contributed by atoms with Gasteiger partial charge >= 0.3 is 5.97 Å². The molecule has 1 aromatic carbocycles. The van der Waals surface area contributed by atoms with Gasteiger partial charge in [-0.05, 0) is 31.2 Å². The zero-order valence-corrected chi connectivity index (χ0v) is 14.1. The Morgan fingerprint density at radius 3 is 2.62 bits per heavy atom. The number of nitrogens with one attached hydrogen (secondary N) is 2. The Bertz CT molecular complexity index is 952. The highest BCUT2D eigenvalue weighted by Crippen LogP contribution is 2.18. The van der Waals surface area contributed by atoms with Gasteiger partial charge in [0.15, 0.2) is 5.82 Å². The Hall–Kier alpha value is -3.68. The van der Waals surface area contributed by atoms with Gasteiger partial charge in [-0.1, -0.05) is 11.2 Å². The summed E-state index contributed by atoms with van der Waals surface area (Å²) in [5, 5.41) is 9.56. The molecule has 0 unspecified atom stereocenters. The smallest absolute Gasteiger partial charge is 0.337 e. The minimum atomic E-state index is -0.475. The average molecular weight is 352 g/mol. The lowest BCUT2D eigenvalue weighted by Gasteiger charge is -2.08. The average Bonchev–Trinajstić information content (AvgIpc) is 3.06. The first-order valence-electron chi connectivity index (χ1n) is 7.70. The van der Waals surface area contributed by atoms with Crippen molar-refractivity contribution in [1.82, 2.24) is 10.1 Å². The van der Waals surface area contributed by atoms with Gasteiger partial charge in [0.25, 0.3) is 5.91 Å². The summed E-state index contributed by atoms with van der Waals surface area (Å²) in [5.74, 6) is 0.351. The van der Waals surface area contributed by atoms with Gasteiger partial charge in [0.2, 0.25) is 0 Å². The highest BCUT2D eigenvalue weighted by molar-refractivity contribution is 6.05. The van der Waals surface area contributed by atoms with Crippen LogP contribution >= 0.6 is 0 Å². The second-order valence-electron chi connectivity index (χ2n) is 5.44. The largest absolute Gasteiger partial charge is 0.465 e. The van der Waals surface area contributed by atoms with E-state index in [2.05, 4.69) is 25.5 Å². The van der Waals surface area contributed by atoms with Gasteiger partial charge in [0, 0.05) is 18.0 Å². The van der Waals surface area contributed by atoms with Crippen molar-refractivity contribution in [3.63, 3.8) is 0 Å². The Kier molecular flexibility index (Phi) is 4.93. The number of methoxy groups -OCH3 is 1. The van der Waals surface area contributed by atoms with E-state index in [9.17, 15) is 9.59 Å². The minimum Gasteiger partial charge on any atom is -0.465 e. The molecule has 2 heterocycles. The highest BCUT2D eigenvalue weighted by Gasteiger charge is 2.11. The molecule has 8 heteroatoms. The van der Waals surface area contributed by atoms with Crippen LogP contribution in [-0.4, -0.2) is 29.1 Å². The maximum Gasteiger partial charge on any atom is 0.337 e. The fraction of sp³-hybridized carbons (Fsp3) is 0.111. The molecule has 3 rings (SSSR count). The summed E-state index contributed by atoms with van der Waals surface area (Å²) in [7, 11) is 1.30. The molecule has 8 nitrogen and oxygen atoms in total. The predicted octanol–water partition coefficient (Wildman–Crippen LogP) is 3.16. The summed E-state index contributed by atoms with van der Waals surface area (Å²) in [6.45, 7) is 1.78. The van der Waals surface area contributed by atoms with Crippen molar-refractivity contribution in [3.8, 4) is 0 Å². The van der Waals surface area contributed by atoms with Crippen molar-refractivity contribution in [2.24, 2.45) is 0 Å². The van der Waals surface area contributed by atoms with Gasteiger partial charge in [-0.2, -0.15) is 0 Å². The van der Waals surface area contributed by atoms with Gasteiger partial charge in [0.05, 0.1) is 30.1 Å². The van der Waals surface area contributed by atoms with Crippen LogP contribution in [0.1, 0.15) is 26.5 Å². The Morgan fingerprint density at radius 2 is 1.88 bits per heavy atom. The topological polar surface area (TPSA) is 106 Å². The van der Waals surface area contributed by atoms with Crippen LogP contribution in [0, 0.1) is 6.92 Å². The molecule has 0 aliphatic carbocycles. The molecule has 1 amide bonds. The zero-order valence-electron chi connectivity index (χ0n) is 14.1. The summed E-state index contributed by atoms with van der Waals surface area (Å²) in [6.07, 6.45) is 3.01. The number of nitrogens with zero attached hydrogens (tertiary/aromatic N) is 2. The predicted molar refractivity (Wildman–Crippen MR) is 94.5 cm³/mol. The van der Waals surface area contributed by atoms with E-state index in [0.29, 0.717) is 34.1 Å². The van der Waals surface area contributed by atoms with Crippen molar-refractivity contribution in [2.75, 3.05) is 17.7 Å². The van der Waals surface area contributed by atoms with Crippen LogP contribution in [-0.2, 0) is 4.74 Å². The fourth-order valence-electron chi connectivity index (χ4n) is 2.25. The maximum atomic E-state index is 12.4. The Balaban J connectivity index is 1.74. The number of anilines is 3. The first-order chi connectivity index (χ1) is 12.5. The van der Waals surface area contributed by atoms with Crippen LogP contribution in [0.3, 0.4) is 0 Å². The molecule has 0 aliphatic heterocycles.